The molecule has 1 amide bonds. The van der Waals surface area contributed by atoms with Gasteiger partial charge in [-0.3, -0.25) is 9.52 Å². The number of anilines is 1. The lowest BCUT2D eigenvalue weighted by molar-refractivity contribution is 0.0891. The Balaban J connectivity index is 2.25. The Morgan fingerprint density at radius 2 is 1.52 bits per heavy atom. The summed E-state index contributed by atoms with van der Waals surface area (Å²) in [7, 11) is -3.74. The molecule has 0 saturated carbocycles. The van der Waals surface area contributed by atoms with Crippen LogP contribution in [0.2, 0.25) is 0 Å². The molecule has 29 heavy (non-hydrogen) atoms. The molecule has 0 bridgehead atoms. The highest BCUT2D eigenvalue weighted by Crippen LogP contribution is 2.27. The molecule has 0 aliphatic heterocycles. The summed E-state index contributed by atoms with van der Waals surface area (Å²) >= 11 is 0. The number of hydrogen-bond acceptors (Lipinski definition) is 3. The molecule has 0 aliphatic rings. The van der Waals surface area contributed by atoms with E-state index < -0.39 is 10.0 Å². The number of nitrogens with one attached hydrogen (secondary N) is 2. The minimum Gasteiger partial charge on any atom is -0.347 e. The number of benzene rings is 2. The lowest BCUT2D eigenvalue weighted by atomic mass is 9.81. The average Bonchev–Trinajstić information content (AvgIpc) is 2.54. The molecular formula is C23H32N2O3S. The van der Waals surface area contributed by atoms with Crippen LogP contribution in [0.4, 0.5) is 5.69 Å². The first kappa shape index (κ1) is 22.9. The number of hydrogen-bond donors (Lipinski definition) is 2. The number of carbonyl (C=O) groups excluding carboxylic acids is 1. The number of aryl methyl sites for hydroxylation is 2. The molecule has 0 aromatic heterocycles. The summed E-state index contributed by atoms with van der Waals surface area (Å²) in [6, 6.07) is 11.7. The molecular weight excluding hydrogens is 384 g/mol. The molecule has 0 unspecified atom stereocenters. The molecule has 0 spiro atoms. The zero-order valence-corrected chi connectivity index (χ0v) is 19.2. The van der Waals surface area contributed by atoms with E-state index in [1.807, 2.05) is 20.8 Å². The molecule has 2 aromatic carbocycles. The molecule has 0 fully saturated rings. The van der Waals surface area contributed by atoms with Crippen molar-refractivity contribution in [2.75, 3.05) is 4.72 Å². The van der Waals surface area contributed by atoms with Gasteiger partial charge in [-0.15, -0.1) is 0 Å². The lowest BCUT2D eigenvalue weighted by Crippen LogP contribution is -2.45. The van der Waals surface area contributed by atoms with Crippen LogP contribution in [-0.2, 0) is 10.0 Å². The Bertz CT molecular complexity index is 986. The van der Waals surface area contributed by atoms with Gasteiger partial charge in [-0.25, -0.2) is 8.42 Å². The van der Waals surface area contributed by atoms with Crippen molar-refractivity contribution in [3.8, 4) is 0 Å². The van der Waals surface area contributed by atoms with E-state index in [9.17, 15) is 13.2 Å². The standard InChI is InChI=1S/C23H32N2O3S/c1-16-8-12-19(13-9-16)29(27,28)25-20-14-18(11-10-17(20)2)21(26)24-23(6,7)15-22(3,4)5/h8-14,25H,15H2,1-7H3,(H,24,26). The fourth-order valence-corrected chi connectivity index (χ4v) is 4.67. The quantitative estimate of drug-likeness (QED) is 0.692. The molecule has 2 rings (SSSR count). The number of sulfonamides is 1. The molecule has 2 N–H and O–H groups in total. The summed E-state index contributed by atoms with van der Waals surface area (Å²) in [4.78, 5) is 13.0. The van der Waals surface area contributed by atoms with Crippen molar-refractivity contribution < 1.29 is 13.2 Å². The van der Waals surface area contributed by atoms with Gasteiger partial charge in [0.1, 0.15) is 0 Å². The van der Waals surface area contributed by atoms with E-state index in [0.29, 0.717) is 11.3 Å². The van der Waals surface area contributed by atoms with Crippen molar-refractivity contribution in [3.05, 3.63) is 59.2 Å². The predicted molar refractivity (Wildman–Crippen MR) is 119 cm³/mol. The normalized spacial score (nSPS) is 12.5. The summed E-state index contributed by atoms with van der Waals surface area (Å²) < 4.78 is 28.1. The Morgan fingerprint density at radius 3 is 2.07 bits per heavy atom. The van der Waals surface area contributed by atoms with Crippen LogP contribution in [0.3, 0.4) is 0 Å². The molecule has 0 heterocycles. The van der Waals surface area contributed by atoms with Gasteiger partial charge in [-0.2, -0.15) is 0 Å². The number of carbonyl (C=O) groups is 1. The van der Waals surface area contributed by atoms with E-state index in [1.54, 1.807) is 49.4 Å². The SMILES string of the molecule is Cc1ccc(S(=O)(=O)Nc2cc(C(=O)NC(C)(C)CC(C)(C)C)ccc2C)cc1. The van der Waals surface area contributed by atoms with Crippen molar-refractivity contribution >= 4 is 21.6 Å². The largest absolute Gasteiger partial charge is 0.347 e. The Kier molecular flexibility index (Phi) is 6.48. The van der Waals surface area contributed by atoms with Gasteiger partial charge in [0, 0.05) is 11.1 Å². The Hall–Kier alpha value is -2.34. The van der Waals surface area contributed by atoms with Gasteiger partial charge in [0.05, 0.1) is 10.6 Å². The highest BCUT2D eigenvalue weighted by atomic mass is 32.2. The van der Waals surface area contributed by atoms with Crippen molar-refractivity contribution in [2.45, 2.75) is 65.3 Å². The van der Waals surface area contributed by atoms with Gasteiger partial charge in [-0.1, -0.05) is 44.5 Å². The Morgan fingerprint density at radius 1 is 0.931 bits per heavy atom. The van der Waals surface area contributed by atoms with Crippen LogP contribution >= 0.6 is 0 Å². The van der Waals surface area contributed by atoms with E-state index >= 15 is 0 Å². The zero-order chi connectivity index (χ0) is 22.0. The lowest BCUT2D eigenvalue weighted by Gasteiger charge is -2.33. The highest BCUT2D eigenvalue weighted by molar-refractivity contribution is 7.92. The third kappa shape index (κ3) is 6.60. The summed E-state index contributed by atoms with van der Waals surface area (Å²) in [5.74, 6) is -0.227. The van der Waals surface area contributed by atoms with Gasteiger partial charge in [0.2, 0.25) is 0 Å². The fourth-order valence-electron chi connectivity index (χ4n) is 3.54. The molecule has 6 heteroatoms. The fraction of sp³-hybridized carbons (Fsp3) is 0.435. The summed E-state index contributed by atoms with van der Waals surface area (Å²) in [6.07, 6.45) is 0.810. The first-order valence-electron chi connectivity index (χ1n) is 9.71. The summed E-state index contributed by atoms with van der Waals surface area (Å²) in [6.45, 7) is 14.1. The van der Waals surface area contributed by atoms with Crippen molar-refractivity contribution in [2.24, 2.45) is 5.41 Å². The monoisotopic (exact) mass is 416 g/mol. The topological polar surface area (TPSA) is 75.3 Å². The number of rotatable bonds is 6. The summed E-state index contributed by atoms with van der Waals surface area (Å²) in [5, 5.41) is 3.06. The Labute approximate surface area is 175 Å². The number of amides is 1. The molecule has 5 nitrogen and oxygen atoms in total. The molecule has 0 saturated heterocycles. The molecule has 2 aromatic rings. The van der Waals surface area contributed by atoms with Gasteiger partial charge >= 0.3 is 0 Å². The van der Waals surface area contributed by atoms with Crippen molar-refractivity contribution in [1.29, 1.82) is 0 Å². The van der Waals surface area contributed by atoms with Crippen LogP contribution in [0.1, 0.15) is 62.5 Å². The minimum atomic E-state index is -3.74. The van der Waals surface area contributed by atoms with Crippen LogP contribution in [0.5, 0.6) is 0 Å². The van der Waals surface area contributed by atoms with Gasteiger partial charge in [0.25, 0.3) is 15.9 Å². The zero-order valence-electron chi connectivity index (χ0n) is 18.4. The summed E-state index contributed by atoms with van der Waals surface area (Å²) in [5.41, 5.74) is 2.22. The van der Waals surface area contributed by atoms with E-state index in [4.69, 9.17) is 0 Å². The molecule has 0 atom stereocenters. The van der Waals surface area contributed by atoms with Gasteiger partial charge in [-0.05, 0) is 69.4 Å². The van der Waals surface area contributed by atoms with Crippen molar-refractivity contribution in [3.63, 3.8) is 0 Å². The maximum absolute atomic E-state index is 12.8. The smallest absolute Gasteiger partial charge is 0.261 e. The van der Waals surface area contributed by atoms with Crippen LogP contribution in [0, 0.1) is 19.3 Å². The van der Waals surface area contributed by atoms with Crippen LogP contribution in [0.15, 0.2) is 47.4 Å². The maximum atomic E-state index is 12.8. The van der Waals surface area contributed by atoms with Gasteiger partial charge in [0.15, 0.2) is 0 Å². The average molecular weight is 417 g/mol. The van der Waals surface area contributed by atoms with Crippen molar-refractivity contribution in [1.82, 2.24) is 5.32 Å². The maximum Gasteiger partial charge on any atom is 0.261 e. The van der Waals surface area contributed by atoms with Crippen LogP contribution in [-0.4, -0.2) is 19.9 Å². The first-order chi connectivity index (χ1) is 13.2. The van der Waals surface area contributed by atoms with Crippen LogP contribution < -0.4 is 10.0 Å². The highest BCUT2D eigenvalue weighted by Gasteiger charge is 2.27. The third-order valence-corrected chi connectivity index (χ3v) is 5.88. The molecule has 0 radical (unpaired) electrons. The van der Waals surface area contributed by atoms with E-state index in [-0.39, 0.29) is 21.8 Å². The minimum absolute atomic E-state index is 0.0683. The predicted octanol–water partition coefficient (Wildman–Crippen LogP) is 5.05. The van der Waals surface area contributed by atoms with E-state index in [1.165, 1.54) is 0 Å². The molecule has 0 aliphatic carbocycles. The van der Waals surface area contributed by atoms with Gasteiger partial charge < -0.3 is 5.32 Å². The third-order valence-electron chi connectivity index (χ3n) is 4.50. The van der Waals surface area contributed by atoms with Crippen LogP contribution in [0.25, 0.3) is 0 Å². The van der Waals surface area contributed by atoms with E-state index in [0.717, 1.165) is 17.5 Å². The second-order valence-corrected chi connectivity index (χ2v) is 11.2. The second-order valence-electron chi connectivity index (χ2n) is 9.52. The van der Waals surface area contributed by atoms with E-state index in [2.05, 4.69) is 30.8 Å². The first-order valence-corrected chi connectivity index (χ1v) is 11.2. The second kappa shape index (κ2) is 8.19. The molecule has 158 valence electrons.